The van der Waals surface area contributed by atoms with Crippen LogP contribution in [0, 0.1) is 5.82 Å². The van der Waals surface area contributed by atoms with Gasteiger partial charge in [-0.3, -0.25) is 0 Å². The van der Waals surface area contributed by atoms with Gasteiger partial charge >= 0.3 is 5.97 Å². The summed E-state index contributed by atoms with van der Waals surface area (Å²) in [6.45, 7) is 5.76. The number of rotatable bonds is 7. The van der Waals surface area contributed by atoms with E-state index in [9.17, 15) is 14.3 Å². The van der Waals surface area contributed by atoms with Crippen LogP contribution in [-0.4, -0.2) is 25.3 Å². The fraction of sp³-hybridized carbons (Fsp3) is 0.227. The van der Waals surface area contributed by atoms with Crippen LogP contribution in [0.15, 0.2) is 42.5 Å². The van der Waals surface area contributed by atoms with Gasteiger partial charge in [0.15, 0.2) is 0 Å². The zero-order valence-electron chi connectivity index (χ0n) is 15.7. The molecule has 0 aliphatic heterocycles. The normalized spacial score (nSPS) is 10.8. The topological polar surface area (TPSA) is 55.8 Å². The molecule has 0 saturated carbocycles. The van der Waals surface area contributed by atoms with E-state index in [1.165, 1.54) is 26.4 Å². The van der Waals surface area contributed by atoms with Gasteiger partial charge in [0, 0.05) is 5.56 Å². The summed E-state index contributed by atoms with van der Waals surface area (Å²) in [7, 11) is 2.76. The maximum Gasteiger partial charge on any atom is 0.342 e. The van der Waals surface area contributed by atoms with Crippen molar-refractivity contribution in [2.45, 2.75) is 19.8 Å². The van der Waals surface area contributed by atoms with Crippen LogP contribution in [0.4, 0.5) is 4.39 Å². The minimum absolute atomic E-state index is 0.0633. The maximum atomic E-state index is 13.0. The summed E-state index contributed by atoms with van der Waals surface area (Å²) in [5, 5.41) is 10.7. The number of halogens is 1. The van der Waals surface area contributed by atoms with Crippen LogP contribution in [0.5, 0.6) is 11.5 Å². The fourth-order valence-electron chi connectivity index (χ4n) is 2.67. The Hall–Kier alpha value is -3.08. The molecule has 2 aromatic rings. The summed E-state index contributed by atoms with van der Waals surface area (Å²) in [6, 6.07) is 7.60. The first-order valence-corrected chi connectivity index (χ1v) is 8.46. The number of esters is 1. The monoisotopic (exact) mass is 370 g/mol. The number of methoxy groups -OCH3 is 2. The van der Waals surface area contributed by atoms with Crippen LogP contribution in [0.1, 0.15) is 40.4 Å². The summed E-state index contributed by atoms with van der Waals surface area (Å²) < 4.78 is 23.3. The smallest absolute Gasteiger partial charge is 0.342 e. The number of carbonyl (C=O) groups excluding carboxylic acids is 1. The van der Waals surface area contributed by atoms with Crippen LogP contribution in [0.25, 0.3) is 12.2 Å². The van der Waals surface area contributed by atoms with Crippen LogP contribution in [-0.2, 0) is 11.2 Å². The Morgan fingerprint density at radius 1 is 1.22 bits per heavy atom. The van der Waals surface area contributed by atoms with E-state index in [4.69, 9.17) is 9.47 Å². The van der Waals surface area contributed by atoms with E-state index in [1.54, 1.807) is 30.4 Å². The highest BCUT2D eigenvalue weighted by Crippen LogP contribution is 2.37. The van der Waals surface area contributed by atoms with Crippen molar-refractivity contribution < 1.29 is 23.8 Å². The van der Waals surface area contributed by atoms with Gasteiger partial charge in [-0.15, -0.1) is 6.58 Å². The standard InChI is InChI=1S/C22H23FO4/c1-14(2)5-12-18-19(26-3)13-16(20(21(18)24)22(25)27-4)9-6-15-7-10-17(23)11-8-15/h6-11,13,24H,1,5,12H2,2-4H3/b9-6+. The number of hydrogen-bond donors (Lipinski definition) is 1. The van der Waals surface area contributed by atoms with Gasteiger partial charge in [0.25, 0.3) is 0 Å². The molecule has 1 N–H and O–H groups in total. The second-order valence-electron chi connectivity index (χ2n) is 6.20. The van der Waals surface area contributed by atoms with Crippen molar-refractivity contribution in [1.82, 2.24) is 0 Å². The summed E-state index contributed by atoms with van der Waals surface area (Å²) >= 11 is 0. The Labute approximate surface area is 158 Å². The van der Waals surface area contributed by atoms with E-state index < -0.39 is 5.97 Å². The largest absolute Gasteiger partial charge is 0.507 e. The molecular formula is C22H23FO4. The molecule has 0 aromatic heterocycles. The third-order valence-corrected chi connectivity index (χ3v) is 4.13. The Kier molecular flexibility index (Phi) is 6.77. The second kappa shape index (κ2) is 9.03. The highest BCUT2D eigenvalue weighted by molar-refractivity contribution is 5.98. The third kappa shape index (κ3) is 4.97. The van der Waals surface area contributed by atoms with E-state index in [1.807, 2.05) is 6.92 Å². The lowest BCUT2D eigenvalue weighted by Crippen LogP contribution is -2.07. The van der Waals surface area contributed by atoms with Crippen molar-refractivity contribution in [3.8, 4) is 11.5 Å². The number of benzene rings is 2. The molecule has 0 atom stereocenters. The average Bonchev–Trinajstić information content (AvgIpc) is 2.65. The fourth-order valence-corrected chi connectivity index (χ4v) is 2.67. The highest BCUT2D eigenvalue weighted by atomic mass is 19.1. The molecule has 0 aliphatic rings. The lowest BCUT2D eigenvalue weighted by molar-refractivity contribution is 0.0597. The van der Waals surface area contributed by atoms with Crippen molar-refractivity contribution in [3.05, 3.63) is 70.6 Å². The lowest BCUT2D eigenvalue weighted by atomic mass is 9.96. The van der Waals surface area contributed by atoms with E-state index >= 15 is 0 Å². The van der Waals surface area contributed by atoms with Gasteiger partial charge in [-0.05, 0) is 49.1 Å². The van der Waals surface area contributed by atoms with Crippen molar-refractivity contribution in [2.75, 3.05) is 14.2 Å². The SMILES string of the molecule is C=C(C)CCc1c(OC)cc(/C=C/c2ccc(F)cc2)c(C(=O)OC)c1O. The lowest BCUT2D eigenvalue weighted by Gasteiger charge is -2.16. The molecule has 0 radical (unpaired) electrons. The predicted molar refractivity (Wildman–Crippen MR) is 104 cm³/mol. The van der Waals surface area contributed by atoms with Gasteiger partial charge in [0.05, 0.1) is 14.2 Å². The minimum Gasteiger partial charge on any atom is -0.507 e. The Morgan fingerprint density at radius 2 is 1.89 bits per heavy atom. The van der Waals surface area contributed by atoms with Crippen LogP contribution in [0.3, 0.4) is 0 Å². The summed E-state index contributed by atoms with van der Waals surface area (Å²) in [5.41, 5.74) is 2.74. The van der Waals surface area contributed by atoms with Gasteiger partial charge in [-0.1, -0.05) is 29.9 Å². The molecule has 0 saturated heterocycles. The molecule has 2 aromatic carbocycles. The van der Waals surface area contributed by atoms with Crippen LogP contribution >= 0.6 is 0 Å². The van der Waals surface area contributed by atoms with E-state index in [0.717, 1.165) is 11.1 Å². The molecule has 0 fully saturated rings. The third-order valence-electron chi connectivity index (χ3n) is 4.13. The van der Waals surface area contributed by atoms with Gasteiger partial charge in [0.1, 0.15) is 22.9 Å². The summed E-state index contributed by atoms with van der Waals surface area (Å²) in [4.78, 5) is 12.3. The Morgan fingerprint density at radius 3 is 2.44 bits per heavy atom. The number of allylic oxidation sites excluding steroid dienone is 1. The van der Waals surface area contributed by atoms with Crippen molar-refractivity contribution in [3.63, 3.8) is 0 Å². The Bertz CT molecular complexity index is 867. The molecule has 4 nitrogen and oxygen atoms in total. The molecule has 0 unspecified atom stereocenters. The van der Waals surface area contributed by atoms with Crippen molar-refractivity contribution in [2.24, 2.45) is 0 Å². The molecule has 0 amide bonds. The first-order valence-electron chi connectivity index (χ1n) is 8.46. The first kappa shape index (κ1) is 20.2. The molecule has 0 bridgehead atoms. The number of ether oxygens (including phenoxy) is 2. The van der Waals surface area contributed by atoms with Gasteiger partial charge in [-0.2, -0.15) is 0 Å². The molecule has 2 rings (SSSR count). The van der Waals surface area contributed by atoms with Crippen LogP contribution in [0.2, 0.25) is 0 Å². The molecule has 5 heteroatoms. The van der Waals surface area contributed by atoms with Crippen molar-refractivity contribution in [1.29, 1.82) is 0 Å². The van der Waals surface area contributed by atoms with E-state index in [0.29, 0.717) is 29.7 Å². The summed E-state index contributed by atoms with van der Waals surface area (Å²) in [5.74, 6) is -0.671. The van der Waals surface area contributed by atoms with Gasteiger partial charge < -0.3 is 14.6 Å². The zero-order valence-corrected chi connectivity index (χ0v) is 15.7. The molecule has 142 valence electrons. The number of phenolic OH excluding ortho intramolecular Hbond substituents is 1. The number of carbonyl (C=O) groups is 1. The van der Waals surface area contributed by atoms with Gasteiger partial charge in [0.2, 0.25) is 0 Å². The first-order chi connectivity index (χ1) is 12.9. The number of hydrogen-bond acceptors (Lipinski definition) is 4. The maximum absolute atomic E-state index is 13.0. The molecular weight excluding hydrogens is 347 g/mol. The molecule has 27 heavy (non-hydrogen) atoms. The minimum atomic E-state index is -0.648. The highest BCUT2D eigenvalue weighted by Gasteiger charge is 2.22. The number of phenols is 1. The quantitative estimate of drug-likeness (QED) is 0.423. The van der Waals surface area contributed by atoms with Gasteiger partial charge in [-0.25, -0.2) is 9.18 Å². The van der Waals surface area contributed by atoms with Crippen molar-refractivity contribution >= 4 is 18.1 Å². The summed E-state index contributed by atoms with van der Waals surface area (Å²) in [6.07, 6.45) is 4.50. The molecule has 0 spiro atoms. The Balaban J connectivity index is 2.54. The van der Waals surface area contributed by atoms with E-state index in [2.05, 4.69) is 6.58 Å². The second-order valence-corrected chi connectivity index (χ2v) is 6.20. The average molecular weight is 370 g/mol. The van der Waals surface area contributed by atoms with E-state index in [-0.39, 0.29) is 17.1 Å². The molecule has 0 heterocycles. The zero-order chi connectivity index (χ0) is 20.0. The van der Waals surface area contributed by atoms with Crippen LogP contribution < -0.4 is 4.74 Å². The number of aromatic hydroxyl groups is 1. The predicted octanol–water partition coefficient (Wildman–Crippen LogP) is 5.01. The molecule has 0 aliphatic carbocycles.